The number of hydrogen-bond donors (Lipinski definition) is 0. The Labute approximate surface area is 191 Å². The molecule has 0 saturated heterocycles. The maximum absolute atomic E-state index is 3.51. The van der Waals surface area contributed by atoms with Crippen LogP contribution in [0.5, 0.6) is 0 Å². The van der Waals surface area contributed by atoms with E-state index in [0.717, 1.165) is 0 Å². The van der Waals surface area contributed by atoms with Crippen LogP contribution in [0, 0.1) is 17.3 Å². The Balaban J connectivity index is 2.43. The summed E-state index contributed by atoms with van der Waals surface area (Å²) in [5, 5.41) is 5.25. The smallest absolute Gasteiger partial charge is 0.0529 e. The van der Waals surface area contributed by atoms with Gasteiger partial charge in [0.05, 0.1) is 5.30 Å². The highest BCUT2D eigenvalue weighted by atomic mass is 31.0. The standard InChI is InChI=1S/C30H37P/c1-19(2)23-17-26(20(3)4)28(27(18-23)21(5)6)29-25-13-11-10-12-22(25)16-24(31-29)14-15-30(7,8)9/h10-13,16-21H,1-9H3. The van der Waals surface area contributed by atoms with E-state index in [0.29, 0.717) is 17.8 Å². The van der Waals surface area contributed by atoms with Gasteiger partial charge in [0.2, 0.25) is 0 Å². The third-order valence-corrected chi connectivity index (χ3v) is 6.85. The molecule has 0 radical (unpaired) electrons. The fraction of sp³-hybridized carbons (Fsp3) is 0.433. The predicted octanol–water partition coefficient (Wildman–Crippen LogP) is 9.85. The van der Waals surface area contributed by atoms with Crippen LogP contribution in [0.1, 0.15) is 102 Å². The minimum absolute atomic E-state index is 0.00140. The summed E-state index contributed by atoms with van der Waals surface area (Å²) in [6.07, 6.45) is 0. The molecule has 0 saturated carbocycles. The van der Waals surface area contributed by atoms with Gasteiger partial charge in [-0.05, 0) is 85.8 Å². The summed E-state index contributed by atoms with van der Waals surface area (Å²) in [5.41, 5.74) is 5.83. The Morgan fingerprint density at radius 3 is 1.87 bits per heavy atom. The molecule has 3 aromatic rings. The van der Waals surface area contributed by atoms with E-state index < -0.39 is 0 Å². The lowest BCUT2D eigenvalue weighted by atomic mass is 9.83. The highest BCUT2D eigenvalue weighted by Crippen LogP contribution is 2.46. The number of rotatable bonds is 4. The van der Waals surface area contributed by atoms with Gasteiger partial charge in [-0.2, -0.15) is 0 Å². The first-order valence-electron chi connectivity index (χ1n) is 11.6. The van der Waals surface area contributed by atoms with E-state index in [4.69, 9.17) is 0 Å². The van der Waals surface area contributed by atoms with Gasteiger partial charge in [-0.3, -0.25) is 0 Å². The van der Waals surface area contributed by atoms with Crippen molar-refractivity contribution in [2.45, 2.75) is 80.1 Å². The maximum Gasteiger partial charge on any atom is 0.0529 e. The molecule has 0 nitrogen and oxygen atoms in total. The summed E-state index contributed by atoms with van der Waals surface area (Å²) >= 11 is 0. The number of fused-ring (bicyclic) bond motifs is 1. The third kappa shape index (κ3) is 5.40. The molecule has 0 aliphatic rings. The highest BCUT2D eigenvalue weighted by molar-refractivity contribution is 7.35. The third-order valence-electron chi connectivity index (χ3n) is 5.68. The van der Waals surface area contributed by atoms with Gasteiger partial charge >= 0.3 is 0 Å². The first kappa shape index (κ1) is 23.6. The van der Waals surface area contributed by atoms with Gasteiger partial charge in [0.25, 0.3) is 0 Å². The molecule has 0 N–H and O–H groups in total. The van der Waals surface area contributed by atoms with Crippen LogP contribution >= 0.6 is 8.19 Å². The van der Waals surface area contributed by atoms with Gasteiger partial charge in [0.1, 0.15) is 0 Å². The quantitative estimate of drug-likeness (QED) is 0.363. The van der Waals surface area contributed by atoms with Crippen molar-refractivity contribution in [2.24, 2.45) is 5.41 Å². The van der Waals surface area contributed by atoms with Crippen molar-refractivity contribution in [3.8, 4) is 22.7 Å². The van der Waals surface area contributed by atoms with Gasteiger partial charge in [0, 0.05) is 10.7 Å². The van der Waals surface area contributed by atoms with E-state index in [9.17, 15) is 0 Å². The second-order valence-corrected chi connectivity index (χ2v) is 11.8. The summed E-state index contributed by atoms with van der Waals surface area (Å²) in [4.78, 5) is 0. The summed E-state index contributed by atoms with van der Waals surface area (Å²) in [5.74, 6) is 8.43. The van der Waals surface area contributed by atoms with Crippen LogP contribution in [0.2, 0.25) is 0 Å². The second kappa shape index (κ2) is 9.18. The highest BCUT2D eigenvalue weighted by Gasteiger charge is 2.21. The van der Waals surface area contributed by atoms with E-state index in [1.54, 1.807) is 0 Å². The molecule has 31 heavy (non-hydrogen) atoms. The Hall–Kier alpha value is -2.09. The molecule has 1 heteroatoms. The molecule has 2 aromatic carbocycles. The van der Waals surface area contributed by atoms with Crippen LogP contribution in [-0.2, 0) is 0 Å². The fourth-order valence-electron chi connectivity index (χ4n) is 3.93. The zero-order valence-corrected chi connectivity index (χ0v) is 21.6. The number of benzene rings is 2. The van der Waals surface area contributed by atoms with Gasteiger partial charge in [-0.1, -0.05) is 89.8 Å². The molecule has 1 heterocycles. The fourth-order valence-corrected chi connectivity index (χ4v) is 5.18. The summed E-state index contributed by atoms with van der Waals surface area (Å²) in [7, 11) is 1.22. The van der Waals surface area contributed by atoms with Gasteiger partial charge < -0.3 is 0 Å². The molecule has 162 valence electrons. The van der Waals surface area contributed by atoms with Crippen molar-refractivity contribution in [3.05, 3.63) is 64.5 Å². The van der Waals surface area contributed by atoms with Gasteiger partial charge in [0.15, 0.2) is 0 Å². The molecule has 0 amide bonds. The van der Waals surface area contributed by atoms with E-state index in [2.05, 4.69) is 117 Å². The summed E-state index contributed by atoms with van der Waals surface area (Å²) < 4.78 is 0. The lowest BCUT2D eigenvalue weighted by Gasteiger charge is -2.24. The van der Waals surface area contributed by atoms with Crippen LogP contribution in [0.4, 0.5) is 0 Å². The molecule has 0 spiro atoms. The van der Waals surface area contributed by atoms with Crippen molar-refractivity contribution >= 4 is 19.0 Å². The Bertz CT molecular complexity index is 1120. The lowest BCUT2D eigenvalue weighted by molar-refractivity contribution is 0.571. The normalized spacial score (nSPS) is 12.3. The van der Waals surface area contributed by atoms with Crippen LogP contribution in [0.25, 0.3) is 21.6 Å². The van der Waals surface area contributed by atoms with Crippen molar-refractivity contribution in [3.63, 3.8) is 0 Å². The largest absolute Gasteiger partial charge is 0.0916 e. The molecule has 0 aliphatic carbocycles. The Kier molecular flexibility index (Phi) is 6.98. The zero-order valence-electron chi connectivity index (χ0n) is 20.7. The molecule has 1 aromatic heterocycles. The molecule has 0 unspecified atom stereocenters. The average Bonchev–Trinajstić information content (AvgIpc) is 2.69. The van der Waals surface area contributed by atoms with Crippen LogP contribution in [0.15, 0.2) is 42.5 Å². The average molecular weight is 429 g/mol. The van der Waals surface area contributed by atoms with Crippen LogP contribution < -0.4 is 0 Å². The minimum atomic E-state index is -0.00140. The Morgan fingerprint density at radius 1 is 0.774 bits per heavy atom. The van der Waals surface area contributed by atoms with Crippen LogP contribution in [-0.4, -0.2) is 0 Å². The van der Waals surface area contributed by atoms with Crippen molar-refractivity contribution in [1.29, 1.82) is 0 Å². The van der Waals surface area contributed by atoms with Crippen molar-refractivity contribution in [2.75, 3.05) is 0 Å². The molecule has 0 atom stereocenters. The molecular formula is C30H37P. The van der Waals surface area contributed by atoms with Crippen molar-refractivity contribution < 1.29 is 0 Å². The Morgan fingerprint density at radius 2 is 1.35 bits per heavy atom. The summed E-state index contributed by atoms with van der Waals surface area (Å²) in [6, 6.07) is 16.0. The van der Waals surface area contributed by atoms with E-state index >= 15 is 0 Å². The van der Waals surface area contributed by atoms with Crippen LogP contribution in [0.3, 0.4) is 0 Å². The van der Waals surface area contributed by atoms with E-state index in [1.165, 1.54) is 51.8 Å². The summed E-state index contributed by atoms with van der Waals surface area (Å²) in [6.45, 7) is 20.4. The minimum Gasteiger partial charge on any atom is -0.0916 e. The molecule has 3 rings (SSSR count). The van der Waals surface area contributed by atoms with Gasteiger partial charge in [-0.25, -0.2) is 0 Å². The first-order valence-corrected chi connectivity index (χ1v) is 12.5. The second-order valence-electron chi connectivity index (χ2n) is 10.6. The van der Waals surface area contributed by atoms with E-state index in [1.807, 2.05) is 0 Å². The number of hydrogen-bond acceptors (Lipinski definition) is 0. The molecular weight excluding hydrogens is 391 g/mol. The monoisotopic (exact) mass is 428 g/mol. The zero-order chi connectivity index (χ0) is 22.9. The molecule has 0 bridgehead atoms. The first-order chi connectivity index (χ1) is 14.5. The van der Waals surface area contributed by atoms with E-state index in [-0.39, 0.29) is 5.41 Å². The van der Waals surface area contributed by atoms with Crippen molar-refractivity contribution in [1.82, 2.24) is 0 Å². The molecule has 0 aliphatic heterocycles. The topological polar surface area (TPSA) is 0 Å². The molecule has 0 fully saturated rings. The van der Waals surface area contributed by atoms with Gasteiger partial charge in [-0.15, -0.1) is 0 Å². The SMILES string of the molecule is CC(C)c1cc(C(C)C)c(-c2pc(C#CC(C)(C)C)cc3ccccc23)c(C(C)C)c1. The maximum atomic E-state index is 3.51. The lowest BCUT2D eigenvalue weighted by Crippen LogP contribution is -2.03. The predicted molar refractivity (Wildman–Crippen MR) is 140 cm³/mol.